The average molecular weight is 137 g/mol. The Labute approximate surface area is 62.9 Å². The van der Waals surface area contributed by atoms with Gasteiger partial charge in [0.1, 0.15) is 0 Å². The van der Waals surface area contributed by atoms with Gasteiger partial charge in [0.05, 0.1) is 0 Å². The number of nitrogens with zero attached hydrogens (tertiary/aromatic N) is 1. The Morgan fingerprint density at radius 3 is 2.30 bits per heavy atom. The summed E-state index contributed by atoms with van der Waals surface area (Å²) in [4.78, 5) is 4.34. The Kier molecular flexibility index (Phi) is 1.67. The van der Waals surface area contributed by atoms with E-state index in [4.69, 9.17) is 0 Å². The molecule has 1 aliphatic rings. The third-order valence-electron chi connectivity index (χ3n) is 1.77. The molecule has 1 heterocycles. The van der Waals surface area contributed by atoms with Crippen LogP contribution in [0.15, 0.2) is 16.3 Å². The molecule has 0 atom stereocenters. The predicted molar refractivity (Wildman–Crippen MR) is 45.3 cm³/mol. The topological polar surface area (TPSA) is 12.4 Å². The summed E-state index contributed by atoms with van der Waals surface area (Å²) < 4.78 is 0. The lowest BCUT2D eigenvalue weighted by molar-refractivity contribution is 0.551. The highest BCUT2D eigenvalue weighted by Crippen LogP contribution is 2.31. The van der Waals surface area contributed by atoms with Crippen LogP contribution in [0.5, 0.6) is 0 Å². The van der Waals surface area contributed by atoms with Crippen molar-refractivity contribution >= 4 is 6.21 Å². The summed E-state index contributed by atoms with van der Waals surface area (Å²) in [5.41, 5.74) is 2.92. The second kappa shape index (κ2) is 2.22. The number of hydrogen-bond donors (Lipinski definition) is 0. The molecule has 0 unspecified atom stereocenters. The molecule has 0 aromatic rings. The van der Waals surface area contributed by atoms with Crippen LogP contribution in [0.2, 0.25) is 0 Å². The molecule has 0 bridgehead atoms. The Hall–Kier alpha value is -0.590. The van der Waals surface area contributed by atoms with Crippen molar-refractivity contribution in [2.75, 3.05) is 0 Å². The van der Waals surface area contributed by atoms with Crippen molar-refractivity contribution in [2.45, 2.75) is 34.1 Å². The molecule has 1 nitrogen and oxygen atoms in total. The zero-order valence-electron chi connectivity index (χ0n) is 7.23. The normalized spacial score (nSPS) is 21.8. The van der Waals surface area contributed by atoms with Crippen LogP contribution in [0.25, 0.3) is 0 Å². The van der Waals surface area contributed by atoms with Gasteiger partial charge in [0.25, 0.3) is 0 Å². The second-order valence-electron chi connectivity index (χ2n) is 3.87. The first-order chi connectivity index (χ1) is 4.51. The monoisotopic (exact) mass is 137 g/mol. The molecule has 0 N–H and O–H groups in total. The minimum absolute atomic E-state index is 0.298. The second-order valence-corrected chi connectivity index (χ2v) is 3.87. The Balaban J connectivity index is 2.81. The van der Waals surface area contributed by atoms with E-state index in [2.05, 4.69) is 38.9 Å². The van der Waals surface area contributed by atoms with E-state index in [1.54, 1.807) is 0 Å². The lowest BCUT2D eigenvalue weighted by atomic mass is 9.91. The molecule has 56 valence electrons. The van der Waals surface area contributed by atoms with Crippen molar-refractivity contribution in [3.63, 3.8) is 0 Å². The zero-order chi connectivity index (χ0) is 7.78. The van der Waals surface area contributed by atoms with Gasteiger partial charge < -0.3 is 0 Å². The Morgan fingerprint density at radius 1 is 1.50 bits per heavy atom. The van der Waals surface area contributed by atoms with E-state index in [9.17, 15) is 0 Å². The third-order valence-corrected chi connectivity index (χ3v) is 1.77. The van der Waals surface area contributed by atoms with E-state index in [1.165, 1.54) is 11.3 Å². The van der Waals surface area contributed by atoms with E-state index in [1.807, 2.05) is 0 Å². The van der Waals surface area contributed by atoms with Gasteiger partial charge in [-0.3, -0.25) is 4.99 Å². The van der Waals surface area contributed by atoms with Crippen molar-refractivity contribution < 1.29 is 0 Å². The third kappa shape index (κ3) is 1.47. The molecule has 0 fully saturated rings. The molecular formula is C9H15N. The molecule has 1 rings (SSSR count). The van der Waals surface area contributed by atoms with E-state index < -0.39 is 0 Å². The summed E-state index contributed by atoms with van der Waals surface area (Å²) in [5, 5.41) is 0. The van der Waals surface area contributed by atoms with Gasteiger partial charge >= 0.3 is 0 Å². The molecular weight excluding hydrogens is 122 g/mol. The van der Waals surface area contributed by atoms with Crippen LogP contribution in [0.4, 0.5) is 0 Å². The van der Waals surface area contributed by atoms with Gasteiger partial charge in [0, 0.05) is 17.3 Å². The van der Waals surface area contributed by atoms with Crippen LogP contribution in [-0.4, -0.2) is 6.21 Å². The first kappa shape index (κ1) is 7.52. The maximum Gasteiger partial charge on any atom is 0.0395 e. The van der Waals surface area contributed by atoms with E-state index in [0.29, 0.717) is 5.41 Å². The Morgan fingerprint density at radius 2 is 2.10 bits per heavy atom. The molecule has 0 aromatic heterocycles. The van der Waals surface area contributed by atoms with Crippen LogP contribution >= 0.6 is 0 Å². The molecule has 0 saturated heterocycles. The van der Waals surface area contributed by atoms with Gasteiger partial charge in [-0.2, -0.15) is 0 Å². The first-order valence-corrected chi connectivity index (χ1v) is 3.73. The molecule has 10 heavy (non-hydrogen) atoms. The summed E-state index contributed by atoms with van der Waals surface area (Å²) in [5.74, 6) is 0. The van der Waals surface area contributed by atoms with Crippen LogP contribution in [0.3, 0.4) is 0 Å². The minimum atomic E-state index is 0.298. The van der Waals surface area contributed by atoms with Crippen molar-refractivity contribution in [3.8, 4) is 0 Å². The fourth-order valence-corrected chi connectivity index (χ4v) is 1.08. The molecule has 0 spiro atoms. The quantitative estimate of drug-likeness (QED) is 0.487. The predicted octanol–water partition coefficient (Wildman–Crippen LogP) is 2.78. The van der Waals surface area contributed by atoms with Crippen molar-refractivity contribution in [1.29, 1.82) is 0 Å². The van der Waals surface area contributed by atoms with Crippen LogP contribution < -0.4 is 0 Å². The number of hydrogen-bond acceptors (Lipinski definition) is 1. The summed E-state index contributed by atoms with van der Waals surface area (Å²) in [6.45, 7) is 8.67. The minimum Gasteiger partial charge on any atom is -0.265 e. The van der Waals surface area contributed by atoms with Gasteiger partial charge in [-0.15, -0.1) is 0 Å². The number of aliphatic imine (C=N–C) groups is 1. The maximum absolute atomic E-state index is 4.34. The summed E-state index contributed by atoms with van der Waals surface area (Å²) in [6.07, 6.45) is 3.16. The van der Waals surface area contributed by atoms with Crippen molar-refractivity contribution in [1.82, 2.24) is 0 Å². The van der Waals surface area contributed by atoms with Crippen LogP contribution in [0.1, 0.15) is 34.1 Å². The number of rotatable bonds is 0. The fraction of sp³-hybridized carbons (Fsp3) is 0.667. The smallest absolute Gasteiger partial charge is 0.0395 e. The lowest BCUT2D eigenvalue weighted by Gasteiger charge is -2.11. The van der Waals surface area contributed by atoms with Crippen LogP contribution in [0, 0.1) is 5.41 Å². The molecule has 0 aliphatic carbocycles. The van der Waals surface area contributed by atoms with Gasteiger partial charge in [0.2, 0.25) is 0 Å². The molecule has 0 saturated carbocycles. The highest BCUT2D eigenvalue weighted by Gasteiger charge is 2.22. The summed E-state index contributed by atoms with van der Waals surface area (Å²) in [6, 6.07) is 0. The highest BCUT2D eigenvalue weighted by atomic mass is 14.8. The van der Waals surface area contributed by atoms with E-state index >= 15 is 0 Å². The van der Waals surface area contributed by atoms with Gasteiger partial charge in [-0.25, -0.2) is 0 Å². The average Bonchev–Trinajstić information content (AvgIpc) is 2.10. The summed E-state index contributed by atoms with van der Waals surface area (Å²) >= 11 is 0. The molecule has 0 radical (unpaired) electrons. The van der Waals surface area contributed by atoms with Crippen molar-refractivity contribution in [3.05, 3.63) is 11.3 Å². The lowest BCUT2D eigenvalue weighted by Crippen LogP contribution is -2.07. The maximum atomic E-state index is 4.34. The van der Waals surface area contributed by atoms with Gasteiger partial charge in [0.15, 0.2) is 0 Å². The van der Waals surface area contributed by atoms with E-state index in [-0.39, 0.29) is 0 Å². The van der Waals surface area contributed by atoms with E-state index in [0.717, 1.165) is 6.42 Å². The molecule has 1 heteroatoms. The molecule has 1 aliphatic heterocycles. The zero-order valence-corrected chi connectivity index (χ0v) is 7.23. The molecule has 0 aromatic carbocycles. The first-order valence-electron chi connectivity index (χ1n) is 3.73. The SMILES string of the molecule is CC(C)=C1CC(C)(C)C=N1. The number of allylic oxidation sites excluding steroid dienone is 2. The largest absolute Gasteiger partial charge is 0.265 e. The standard InChI is InChI=1S/C9H15N/c1-7(2)8-5-9(3,4)6-10-8/h6H,5H2,1-4H3. The van der Waals surface area contributed by atoms with Crippen LogP contribution in [-0.2, 0) is 0 Å². The van der Waals surface area contributed by atoms with Crippen molar-refractivity contribution in [2.24, 2.45) is 10.4 Å². The highest BCUT2D eigenvalue weighted by molar-refractivity contribution is 5.70. The Bertz CT molecular complexity index is 193. The fourth-order valence-electron chi connectivity index (χ4n) is 1.08. The molecule has 0 amide bonds. The summed E-state index contributed by atoms with van der Waals surface area (Å²) in [7, 11) is 0. The van der Waals surface area contributed by atoms with Gasteiger partial charge in [-0.1, -0.05) is 19.4 Å². The van der Waals surface area contributed by atoms with Gasteiger partial charge in [-0.05, 0) is 20.3 Å².